The van der Waals surface area contributed by atoms with Crippen LogP contribution in [0.1, 0.15) is 0 Å². The Hall–Kier alpha value is -2.61. The summed E-state index contributed by atoms with van der Waals surface area (Å²) in [5.74, 6) is 0.834. The van der Waals surface area contributed by atoms with E-state index in [0.29, 0.717) is 6.61 Å². The van der Waals surface area contributed by atoms with Crippen molar-refractivity contribution in [3.63, 3.8) is 0 Å². The van der Waals surface area contributed by atoms with Crippen LogP contribution in [0.15, 0.2) is 63.7 Å². The Morgan fingerprint density at radius 2 is 2.00 bits per heavy atom. The van der Waals surface area contributed by atoms with E-state index in [1.807, 2.05) is 24.3 Å². The first-order valence-electron chi connectivity index (χ1n) is 8.76. The number of methoxy groups -OCH3 is 1. The van der Waals surface area contributed by atoms with Gasteiger partial charge in [0, 0.05) is 36.1 Å². The zero-order valence-corrected chi connectivity index (χ0v) is 16.9. The van der Waals surface area contributed by atoms with E-state index in [2.05, 4.69) is 17.1 Å². The van der Waals surface area contributed by atoms with Crippen LogP contribution in [-0.2, 0) is 4.74 Å². The number of aromatic nitrogens is 2. The molecule has 3 heterocycles. The average Bonchev–Trinajstić information content (AvgIpc) is 3.04. The minimum atomic E-state index is -0.134. The molecule has 0 aliphatic carbocycles. The smallest absolute Gasteiger partial charge is 0.247 e. The number of rotatable bonds is 6. The first-order valence-corrected chi connectivity index (χ1v) is 10.6. The number of hydrogen-bond acceptors (Lipinski definition) is 6. The molecule has 7 heteroatoms. The van der Waals surface area contributed by atoms with Gasteiger partial charge in [-0.2, -0.15) is 0 Å². The molecule has 0 bridgehead atoms. The highest BCUT2D eigenvalue weighted by molar-refractivity contribution is 8.01. The number of nitrogens with zero attached hydrogens (tertiary/aromatic N) is 1. The predicted octanol–water partition coefficient (Wildman–Crippen LogP) is 4.64. The van der Waals surface area contributed by atoms with Gasteiger partial charge in [0.25, 0.3) is 0 Å². The SMILES string of the molecule is COCCSc1sc2nc(-c3ccc(=O)[nH]c3)cc(-c3ccccc3)c2c1N. The lowest BCUT2D eigenvalue weighted by Crippen LogP contribution is -2.01. The second-order valence-electron chi connectivity index (χ2n) is 6.19. The maximum Gasteiger partial charge on any atom is 0.247 e. The maximum atomic E-state index is 11.4. The van der Waals surface area contributed by atoms with Crippen molar-refractivity contribution in [3.05, 3.63) is 65.1 Å². The molecule has 0 amide bonds. The molecular weight excluding hydrogens is 390 g/mol. The normalized spacial score (nSPS) is 11.2. The standard InChI is InChI=1S/C21H19N3O2S2/c1-26-9-10-27-21-19(22)18-15(13-5-3-2-4-6-13)11-16(24-20(18)28-21)14-7-8-17(25)23-12-14/h2-8,11-12H,9-10,22H2,1H3,(H,23,25). The summed E-state index contributed by atoms with van der Waals surface area (Å²) in [7, 11) is 1.69. The molecule has 5 nitrogen and oxygen atoms in total. The second kappa shape index (κ2) is 8.18. The molecule has 28 heavy (non-hydrogen) atoms. The number of thioether (sulfide) groups is 1. The Kier molecular flexibility index (Phi) is 5.47. The van der Waals surface area contributed by atoms with E-state index in [1.54, 1.807) is 42.5 Å². The van der Waals surface area contributed by atoms with Crippen LogP contribution in [0.3, 0.4) is 0 Å². The van der Waals surface area contributed by atoms with Crippen LogP contribution < -0.4 is 11.3 Å². The predicted molar refractivity (Wildman–Crippen MR) is 118 cm³/mol. The molecule has 0 unspecified atom stereocenters. The third kappa shape index (κ3) is 3.69. The van der Waals surface area contributed by atoms with Crippen LogP contribution in [0.5, 0.6) is 0 Å². The molecule has 0 fully saturated rings. The van der Waals surface area contributed by atoms with Crippen molar-refractivity contribution in [2.75, 3.05) is 25.2 Å². The average molecular weight is 410 g/mol. The fraction of sp³-hybridized carbons (Fsp3) is 0.143. The molecule has 4 aromatic rings. The van der Waals surface area contributed by atoms with Gasteiger partial charge in [-0.15, -0.1) is 23.1 Å². The Balaban J connectivity index is 1.91. The summed E-state index contributed by atoms with van der Waals surface area (Å²) in [4.78, 5) is 19.9. The van der Waals surface area contributed by atoms with E-state index in [4.69, 9.17) is 15.5 Å². The minimum Gasteiger partial charge on any atom is -0.397 e. The van der Waals surface area contributed by atoms with Crippen molar-refractivity contribution in [2.45, 2.75) is 4.21 Å². The van der Waals surface area contributed by atoms with Crippen molar-refractivity contribution in [2.24, 2.45) is 0 Å². The minimum absolute atomic E-state index is 0.134. The molecule has 0 saturated carbocycles. The van der Waals surface area contributed by atoms with Gasteiger partial charge in [0.15, 0.2) is 0 Å². The Morgan fingerprint density at radius 3 is 2.71 bits per heavy atom. The quantitative estimate of drug-likeness (QED) is 0.358. The zero-order valence-electron chi connectivity index (χ0n) is 15.3. The molecule has 3 N–H and O–H groups in total. The third-order valence-corrected chi connectivity index (χ3v) is 6.70. The van der Waals surface area contributed by atoms with E-state index in [9.17, 15) is 4.79 Å². The fourth-order valence-corrected chi connectivity index (χ4v) is 5.26. The topological polar surface area (TPSA) is 81.0 Å². The number of aromatic amines is 1. The lowest BCUT2D eigenvalue weighted by Gasteiger charge is -2.08. The van der Waals surface area contributed by atoms with Crippen LogP contribution in [0.4, 0.5) is 5.69 Å². The van der Waals surface area contributed by atoms with Gasteiger partial charge in [-0.25, -0.2) is 4.98 Å². The van der Waals surface area contributed by atoms with Crippen molar-refractivity contribution in [1.82, 2.24) is 9.97 Å². The molecular formula is C21H19N3O2S2. The number of hydrogen-bond donors (Lipinski definition) is 2. The highest BCUT2D eigenvalue weighted by atomic mass is 32.2. The molecule has 0 atom stereocenters. The fourth-order valence-electron chi connectivity index (χ4n) is 2.99. The Bertz CT molecular complexity index is 1150. The summed E-state index contributed by atoms with van der Waals surface area (Å²) in [6.07, 6.45) is 1.69. The third-order valence-electron chi connectivity index (χ3n) is 4.35. The summed E-state index contributed by atoms with van der Waals surface area (Å²) in [5.41, 5.74) is 10.9. The Labute approximate surface area is 170 Å². The van der Waals surface area contributed by atoms with Gasteiger partial charge in [0.05, 0.1) is 22.2 Å². The highest BCUT2D eigenvalue weighted by Crippen LogP contribution is 2.44. The molecule has 0 aliphatic rings. The second-order valence-corrected chi connectivity index (χ2v) is 8.55. The van der Waals surface area contributed by atoms with Gasteiger partial charge in [0.1, 0.15) is 4.83 Å². The van der Waals surface area contributed by atoms with Crippen LogP contribution >= 0.6 is 23.1 Å². The summed E-state index contributed by atoms with van der Waals surface area (Å²) in [6, 6.07) is 15.5. The maximum absolute atomic E-state index is 11.4. The molecule has 0 aliphatic heterocycles. The van der Waals surface area contributed by atoms with Crippen molar-refractivity contribution >= 4 is 39.0 Å². The highest BCUT2D eigenvalue weighted by Gasteiger charge is 2.18. The molecule has 4 rings (SSSR count). The van der Waals surface area contributed by atoms with Crippen LogP contribution in [-0.4, -0.2) is 29.4 Å². The number of nitrogens with one attached hydrogen (secondary N) is 1. The number of H-pyrrole nitrogens is 1. The van der Waals surface area contributed by atoms with Crippen molar-refractivity contribution in [1.29, 1.82) is 0 Å². The first-order chi connectivity index (χ1) is 13.7. The largest absolute Gasteiger partial charge is 0.397 e. The Morgan fingerprint density at radius 1 is 1.18 bits per heavy atom. The van der Waals surface area contributed by atoms with E-state index in [1.165, 1.54) is 6.07 Å². The number of anilines is 1. The summed E-state index contributed by atoms with van der Waals surface area (Å²) >= 11 is 3.28. The monoisotopic (exact) mass is 409 g/mol. The van der Waals surface area contributed by atoms with Gasteiger partial charge in [-0.1, -0.05) is 30.3 Å². The van der Waals surface area contributed by atoms with Crippen LogP contribution in [0, 0.1) is 0 Å². The lowest BCUT2D eigenvalue weighted by atomic mass is 10.0. The summed E-state index contributed by atoms with van der Waals surface area (Å²) < 4.78 is 6.21. The zero-order chi connectivity index (χ0) is 19.5. The molecule has 3 aromatic heterocycles. The number of benzene rings is 1. The van der Waals surface area contributed by atoms with Gasteiger partial charge in [-0.3, -0.25) is 4.79 Å². The number of nitrogens with two attached hydrogens (primary N) is 1. The van der Waals surface area contributed by atoms with E-state index >= 15 is 0 Å². The van der Waals surface area contributed by atoms with Crippen LogP contribution in [0.2, 0.25) is 0 Å². The van der Waals surface area contributed by atoms with Gasteiger partial charge in [0.2, 0.25) is 5.56 Å². The first kappa shape index (κ1) is 18.7. The van der Waals surface area contributed by atoms with Gasteiger partial charge < -0.3 is 15.5 Å². The number of fused-ring (bicyclic) bond motifs is 1. The van der Waals surface area contributed by atoms with Crippen molar-refractivity contribution in [3.8, 4) is 22.4 Å². The lowest BCUT2D eigenvalue weighted by molar-refractivity contribution is 0.218. The number of ether oxygens (including phenoxy) is 1. The molecule has 0 spiro atoms. The van der Waals surface area contributed by atoms with Gasteiger partial charge >= 0.3 is 0 Å². The van der Waals surface area contributed by atoms with E-state index in [-0.39, 0.29) is 5.56 Å². The van der Waals surface area contributed by atoms with Crippen LogP contribution in [0.25, 0.3) is 32.6 Å². The number of nitrogen functional groups attached to an aromatic ring is 1. The van der Waals surface area contributed by atoms with E-state index in [0.717, 1.165) is 48.3 Å². The van der Waals surface area contributed by atoms with Gasteiger partial charge in [-0.05, 0) is 23.3 Å². The molecule has 1 aromatic carbocycles. The number of pyridine rings is 2. The van der Waals surface area contributed by atoms with E-state index < -0.39 is 0 Å². The molecule has 142 valence electrons. The molecule has 0 saturated heterocycles. The molecule has 0 radical (unpaired) electrons. The number of thiophene rings is 1. The summed E-state index contributed by atoms with van der Waals surface area (Å²) in [6.45, 7) is 0.667. The summed E-state index contributed by atoms with van der Waals surface area (Å²) in [5, 5.41) is 0.976. The van der Waals surface area contributed by atoms with Crippen molar-refractivity contribution < 1.29 is 4.74 Å².